The molecule has 3 aliphatic carbocycles. The van der Waals surface area contributed by atoms with E-state index in [0.717, 1.165) is 29.6 Å². The summed E-state index contributed by atoms with van der Waals surface area (Å²) in [4.78, 5) is 0. The van der Waals surface area contributed by atoms with Gasteiger partial charge in [0.2, 0.25) is 0 Å². The zero-order chi connectivity index (χ0) is 14.5. The van der Waals surface area contributed by atoms with Gasteiger partial charge in [-0.2, -0.15) is 0 Å². The van der Waals surface area contributed by atoms with Crippen LogP contribution in [-0.2, 0) is 0 Å². The van der Waals surface area contributed by atoms with Crippen molar-refractivity contribution in [3.05, 3.63) is 12.2 Å². The van der Waals surface area contributed by atoms with Gasteiger partial charge >= 0.3 is 0 Å². The second kappa shape index (κ2) is 7.84. The van der Waals surface area contributed by atoms with Crippen molar-refractivity contribution in [3.63, 3.8) is 0 Å². The van der Waals surface area contributed by atoms with E-state index < -0.39 is 0 Å². The molecule has 120 valence electrons. The van der Waals surface area contributed by atoms with Gasteiger partial charge in [-0.15, -0.1) is 0 Å². The first kappa shape index (κ1) is 15.6. The van der Waals surface area contributed by atoms with E-state index >= 15 is 0 Å². The van der Waals surface area contributed by atoms with Crippen molar-refractivity contribution in [2.45, 2.75) is 90.4 Å². The first-order chi connectivity index (χ1) is 10.3. The van der Waals surface area contributed by atoms with Crippen LogP contribution in [0.15, 0.2) is 12.2 Å². The molecule has 0 N–H and O–H groups in total. The summed E-state index contributed by atoms with van der Waals surface area (Å²) in [5.41, 5.74) is 0. The minimum absolute atomic E-state index is 0.914. The van der Waals surface area contributed by atoms with Gasteiger partial charge in [0.05, 0.1) is 0 Å². The highest BCUT2D eigenvalue weighted by Gasteiger charge is 2.27. The molecule has 0 spiro atoms. The monoisotopic (exact) mass is 288 g/mol. The Morgan fingerprint density at radius 2 is 1.00 bits per heavy atom. The van der Waals surface area contributed by atoms with E-state index in [1.807, 2.05) is 0 Å². The summed E-state index contributed by atoms with van der Waals surface area (Å²) in [6.45, 7) is 2.42. The quantitative estimate of drug-likeness (QED) is 0.503. The lowest BCUT2D eigenvalue weighted by Crippen LogP contribution is -2.23. The maximum absolute atomic E-state index is 2.62. The van der Waals surface area contributed by atoms with Crippen molar-refractivity contribution in [2.24, 2.45) is 29.6 Å². The molecule has 21 heavy (non-hydrogen) atoms. The van der Waals surface area contributed by atoms with Crippen molar-refractivity contribution in [1.82, 2.24) is 0 Å². The van der Waals surface area contributed by atoms with Crippen molar-refractivity contribution < 1.29 is 0 Å². The summed E-state index contributed by atoms with van der Waals surface area (Å²) in [6, 6.07) is 0. The standard InChI is InChI=1S/C21H36/c1-17-7-9-18(10-8-17)11-12-19-13-15-21(16-14-19)20-5-3-2-4-6-20/h11-12,17-21H,2-10,13-16H2,1H3. The van der Waals surface area contributed by atoms with Gasteiger partial charge in [0, 0.05) is 0 Å². The average Bonchev–Trinajstić information content (AvgIpc) is 2.56. The molecule has 3 aliphatic rings. The molecule has 0 aromatic rings. The van der Waals surface area contributed by atoms with E-state index in [9.17, 15) is 0 Å². The van der Waals surface area contributed by atoms with Crippen LogP contribution in [0.3, 0.4) is 0 Å². The second-order valence-corrected chi connectivity index (χ2v) is 8.48. The molecule has 3 fully saturated rings. The Bertz CT molecular complexity index is 307. The Morgan fingerprint density at radius 3 is 1.57 bits per heavy atom. The Morgan fingerprint density at radius 1 is 0.524 bits per heavy atom. The molecule has 0 heteroatoms. The first-order valence-corrected chi connectivity index (χ1v) is 9.99. The van der Waals surface area contributed by atoms with Crippen LogP contribution in [0.2, 0.25) is 0 Å². The van der Waals surface area contributed by atoms with Crippen LogP contribution in [0.1, 0.15) is 90.4 Å². The minimum atomic E-state index is 0.914. The molecule has 0 aliphatic heterocycles. The second-order valence-electron chi connectivity index (χ2n) is 8.48. The molecule has 3 saturated carbocycles. The largest absolute Gasteiger partial charge is 0.0851 e. The third kappa shape index (κ3) is 4.60. The van der Waals surface area contributed by atoms with E-state index in [1.54, 1.807) is 12.8 Å². The van der Waals surface area contributed by atoms with Crippen molar-refractivity contribution in [3.8, 4) is 0 Å². The number of allylic oxidation sites excluding steroid dienone is 2. The fraction of sp³-hybridized carbons (Fsp3) is 0.905. The van der Waals surface area contributed by atoms with Crippen molar-refractivity contribution >= 4 is 0 Å². The number of rotatable bonds is 3. The Labute approximate surface area is 132 Å². The highest BCUT2D eigenvalue weighted by Crippen LogP contribution is 2.40. The fourth-order valence-electron chi connectivity index (χ4n) is 5.21. The molecule has 0 amide bonds. The average molecular weight is 289 g/mol. The molecule has 0 unspecified atom stereocenters. The molecular weight excluding hydrogens is 252 g/mol. The zero-order valence-corrected chi connectivity index (χ0v) is 14.2. The van der Waals surface area contributed by atoms with E-state index in [2.05, 4.69) is 19.1 Å². The summed E-state index contributed by atoms with van der Waals surface area (Å²) >= 11 is 0. The van der Waals surface area contributed by atoms with E-state index in [0.29, 0.717) is 0 Å². The molecule has 0 aromatic carbocycles. The molecule has 0 heterocycles. The van der Waals surface area contributed by atoms with Crippen LogP contribution in [-0.4, -0.2) is 0 Å². The van der Waals surface area contributed by atoms with Gasteiger partial charge in [0.25, 0.3) is 0 Å². The molecule has 3 rings (SSSR count). The lowest BCUT2D eigenvalue weighted by Gasteiger charge is -2.35. The predicted octanol–water partition coefficient (Wildman–Crippen LogP) is 6.76. The molecule has 0 nitrogen and oxygen atoms in total. The van der Waals surface area contributed by atoms with E-state index in [-0.39, 0.29) is 0 Å². The Hall–Kier alpha value is -0.260. The summed E-state index contributed by atoms with van der Waals surface area (Å²) in [7, 11) is 0. The van der Waals surface area contributed by atoms with Gasteiger partial charge in [-0.25, -0.2) is 0 Å². The van der Waals surface area contributed by atoms with Gasteiger partial charge in [0.15, 0.2) is 0 Å². The van der Waals surface area contributed by atoms with Gasteiger partial charge in [0.1, 0.15) is 0 Å². The maximum atomic E-state index is 2.62. The van der Waals surface area contributed by atoms with Crippen LogP contribution < -0.4 is 0 Å². The summed E-state index contributed by atoms with van der Waals surface area (Å²) in [6.07, 6.45) is 24.7. The van der Waals surface area contributed by atoms with Crippen molar-refractivity contribution in [2.75, 3.05) is 0 Å². The van der Waals surface area contributed by atoms with Crippen LogP contribution >= 0.6 is 0 Å². The summed E-state index contributed by atoms with van der Waals surface area (Å²) in [5, 5.41) is 0. The molecule has 0 radical (unpaired) electrons. The molecule has 0 bridgehead atoms. The molecule has 0 aromatic heterocycles. The van der Waals surface area contributed by atoms with Crippen molar-refractivity contribution in [1.29, 1.82) is 0 Å². The Kier molecular flexibility index (Phi) is 5.83. The van der Waals surface area contributed by atoms with Gasteiger partial charge in [-0.3, -0.25) is 0 Å². The van der Waals surface area contributed by atoms with Crippen LogP contribution in [0, 0.1) is 29.6 Å². The predicted molar refractivity (Wildman–Crippen MR) is 92.3 cm³/mol. The summed E-state index contributed by atoms with van der Waals surface area (Å²) < 4.78 is 0. The van der Waals surface area contributed by atoms with Gasteiger partial charge in [-0.1, -0.05) is 64.0 Å². The first-order valence-electron chi connectivity index (χ1n) is 9.99. The minimum Gasteiger partial charge on any atom is -0.0851 e. The highest BCUT2D eigenvalue weighted by molar-refractivity contribution is 4.96. The van der Waals surface area contributed by atoms with E-state index in [1.165, 1.54) is 70.6 Å². The van der Waals surface area contributed by atoms with Crippen LogP contribution in [0.4, 0.5) is 0 Å². The Balaban J connectivity index is 1.39. The number of hydrogen-bond donors (Lipinski definition) is 0. The lowest BCUT2D eigenvalue weighted by molar-refractivity contribution is 0.179. The molecule has 0 saturated heterocycles. The van der Waals surface area contributed by atoms with Crippen LogP contribution in [0.5, 0.6) is 0 Å². The third-order valence-electron chi connectivity index (χ3n) is 6.85. The lowest BCUT2D eigenvalue weighted by atomic mass is 9.71. The fourth-order valence-corrected chi connectivity index (χ4v) is 5.21. The summed E-state index contributed by atoms with van der Waals surface area (Å²) in [5.74, 6) is 5.01. The van der Waals surface area contributed by atoms with Crippen LogP contribution in [0.25, 0.3) is 0 Å². The zero-order valence-electron chi connectivity index (χ0n) is 14.2. The van der Waals surface area contributed by atoms with E-state index in [4.69, 9.17) is 0 Å². The van der Waals surface area contributed by atoms with Gasteiger partial charge in [-0.05, 0) is 68.1 Å². The topological polar surface area (TPSA) is 0 Å². The molecular formula is C21H36. The normalized spacial score (nSPS) is 39.7. The smallest absolute Gasteiger partial charge is 0.0233 e. The SMILES string of the molecule is CC1CCC(C=CC2CCC(C3CCCCC3)CC2)CC1. The van der Waals surface area contributed by atoms with Gasteiger partial charge < -0.3 is 0 Å². The highest BCUT2D eigenvalue weighted by atomic mass is 14.3. The molecule has 0 atom stereocenters. The maximum Gasteiger partial charge on any atom is -0.0233 e. The number of hydrogen-bond acceptors (Lipinski definition) is 0. The third-order valence-corrected chi connectivity index (χ3v) is 6.85.